The molecule has 1 fully saturated rings. The largest absolute Gasteiger partial charge is 0.300 e. The molecule has 13 heavy (non-hydrogen) atoms. The van der Waals surface area contributed by atoms with Gasteiger partial charge >= 0.3 is 0 Å². The van der Waals surface area contributed by atoms with E-state index in [1.807, 2.05) is 11.8 Å². The van der Waals surface area contributed by atoms with Crippen LogP contribution < -0.4 is 0 Å². The average Bonchev–Trinajstić information content (AvgIpc) is 2.65. The fourth-order valence-electron chi connectivity index (χ4n) is 1.63. The maximum atomic E-state index is 8.15. The van der Waals surface area contributed by atoms with E-state index in [1.54, 1.807) is 0 Å². The van der Waals surface area contributed by atoms with E-state index in [0.717, 1.165) is 13.1 Å². The number of rotatable bonds is 5. The van der Waals surface area contributed by atoms with Crippen LogP contribution in [-0.2, 0) is 0 Å². The first kappa shape index (κ1) is 10.7. The molecule has 0 N–H and O–H groups in total. The molecule has 4 nitrogen and oxygen atoms in total. The summed E-state index contributed by atoms with van der Waals surface area (Å²) in [4.78, 5) is 5.17. The Kier molecular flexibility index (Phi) is 5.05. The molecule has 5 heteroatoms. The van der Waals surface area contributed by atoms with E-state index in [-0.39, 0.29) is 0 Å². The summed E-state index contributed by atoms with van der Waals surface area (Å²) in [5, 5.41) is 3.56. The van der Waals surface area contributed by atoms with Gasteiger partial charge in [-0.2, -0.15) is 11.8 Å². The predicted molar refractivity (Wildman–Crippen MR) is 57.0 cm³/mol. The van der Waals surface area contributed by atoms with Crippen molar-refractivity contribution in [1.29, 1.82) is 0 Å². The molecule has 1 rings (SSSR count). The topological polar surface area (TPSA) is 52.0 Å². The summed E-state index contributed by atoms with van der Waals surface area (Å²) >= 11 is 2.02. The van der Waals surface area contributed by atoms with Crippen LogP contribution in [0.25, 0.3) is 10.4 Å². The molecule has 0 bridgehead atoms. The van der Waals surface area contributed by atoms with E-state index in [4.69, 9.17) is 5.53 Å². The van der Waals surface area contributed by atoms with Crippen molar-refractivity contribution < 1.29 is 0 Å². The highest BCUT2D eigenvalue weighted by atomic mass is 32.2. The molecule has 0 aliphatic carbocycles. The van der Waals surface area contributed by atoms with Gasteiger partial charge < -0.3 is 0 Å². The predicted octanol–water partition coefficient (Wildman–Crippen LogP) is 2.12. The van der Waals surface area contributed by atoms with Gasteiger partial charge in [0.2, 0.25) is 0 Å². The highest BCUT2D eigenvalue weighted by Crippen LogP contribution is 2.21. The lowest BCUT2D eigenvalue weighted by atomic mass is 10.2. The molecule has 1 atom stereocenters. The van der Waals surface area contributed by atoms with Gasteiger partial charge in [0.25, 0.3) is 0 Å². The van der Waals surface area contributed by atoms with Crippen molar-refractivity contribution in [2.75, 3.05) is 31.1 Å². The Balaban J connectivity index is 2.28. The molecule has 0 radical (unpaired) electrons. The molecule has 74 valence electrons. The Morgan fingerprint density at radius 1 is 1.69 bits per heavy atom. The molecule has 1 aliphatic heterocycles. The second kappa shape index (κ2) is 6.13. The van der Waals surface area contributed by atoms with Crippen LogP contribution in [-0.4, -0.2) is 42.1 Å². The number of hydrogen-bond donors (Lipinski definition) is 0. The maximum absolute atomic E-state index is 8.15. The first-order chi connectivity index (χ1) is 6.38. The van der Waals surface area contributed by atoms with Gasteiger partial charge in [-0.3, -0.25) is 4.90 Å². The standard InChI is InChI=1S/C8H16N4S/c1-2-12(5-4-10-11-9)8-3-6-13-7-8/h8H,2-7H2,1H3/t8-/m0/s1. The van der Waals surface area contributed by atoms with E-state index >= 15 is 0 Å². The molecule has 0 amide bonds. The smallest absolute Gasteiger partial charge is 0.0385 e. The van der Waals surface area contributed by atoms with Gasteiger partial charge in [0.15, 0.2) is 0 Å². The van der Waals surface area contributed by atoms with Crippen molar-refractivity contribution in [2.24, 2.45) is 5.11 Å². The number of azide groups is 1. The zero-order chi connectivity index (χ0) is 9.52. The molecule has 0 aromatic carbocycles. The molecule has 0 aromatic rings. The minimum atomic E-state index is 0.603. The molecule has 0 saturated carbocycles. The van der Waals surface area contributed by atoms with Crippen molar-refractivity contribution in [3.63, 3.8) is 0 Å². The molecular weight excluding hydrogens is 184 g/mol. The summed E-state index contributed by atoms with van der Waals surface area (Å²) < 4.78 is 0. The average molecular weight is 200 g/mol. The normalized spacial score (nSPS) is 21.8. The summed E-state index contributed by atoms with van der Waals surface area (Å²) in [5.41, 5.74) is 8.15. The van der Waals surface area contributed by atoms with Gasteiger partial charge in [0.05, 0.1) is 0 Å². The third kappa shape index (κ3) is 3.46. The van der Waals surface area contributed by atoms with Crippen molar-refractivity contribution in [3.8, 4) is 0 Å². The lowest BCUT2D eigenvalue weighted by molar-refractivity contribution is 0.230. The molecule has 1 saturated heterocycles. The SMILES string of the molecule is CCN(CCN=[N+]=[N-])[C@H]1CCSC1. The zero-order valence-corrected chi connectivity index (χ0v) is 8.83. The number of likely N-dealkylation sites (N-methyl/N-ethyl adjacent to an activating group) is 1. The maximum Gasteiger partial charge on any atom is 0.0385 e. The number of thioether (sulfide) groups is 1. The lowest BCUT2D eigenvalue weighted by Crippen LogP contribution is -2.36. The van der Waals surface area contributed by atoms with Crippen LogP contribution in [0.5, 0.6) is 0 Å². The quantitative estimate of drug-likeness (QED) is 0.388. The van der Waals surface area contributed by atoms with Gasteiger partial charge in [-0.05, 0) is 24.2 Å². The molecule has 0 aromatic heterocycles. The Morgan fingerprint density at radius 3 is 3.08 bits per heavy atom. The van der Waals surface area contributed by atoms with E-state index in [1.165, 1.54) is 17.9 Å². The van der Waals surface area contributed by atoms with Crippen LogP contribution in [0.4, 0.5) is 0 Å². The Labute approximate surface area is 83.3 Å². The van der Waals surface area contributed by atoms with Crippen LogP contribution in [0.15, 0.2) is 5.11 Å². The highest BCUT2D eigenvalue weighted by molar-refractivity contribution is 7.99. The molecule has 0 unspecified atom stereocenters. The zero-order valence-electron chi connectivity index (χ0n) is 8.02. The van der Waals surface area contributed by atoms with Crippen molar-refractivity contribution in [2.45, 2.75) is 19.4 Å². The third-order valence-corrected chi connectivity index (χ3v) is 3.52. The van der Waals surface area contributed by atoms with Crippen LogP contribution >= 0.6 is 11.8 Å². The summed E-state index contributed by atoms with van der Waals surface area (Å²) in [6.45, 7) is 4.74. The van der Waals surface area contributed by atoms with Crippen molar-refractivity contribution in [1.82, 2.24) is 4.90 Å². The van der Waals surface area contributed by atoms with Gasteiger partial charge in [-0.25, -0.2) is 0 Å². The Bertz CT molecular complexity index is 185. The van der Waals surface area contributed by atoms with E-state index < -0.39 is 0 Å². The summed E-state index contributed by atoms with van der Waals surface area (Å²) in [6.07, 6.45) is 1.29. The van der Waals surface area contributed by atoms with E-state index in [9.17, 15) is 0 Å². The molecule has 0 spiro atoms. The van der Waals surface area contributed by atoms with Crippen molar-refractivity contribution >= 4 is 11.8 Å². The van der Waals surface area contributed by atoms with Crippen LogP contribution in [0.1, 0.15) is 13.3 Å². The first-order valence-corrected chi connectivity index (χ1v) is 5.86. The molecule has 1 heterocycles. The lowest BCUT2D eigenvalue weighted by Gasteiger charge is -2.25. The monoisotopic (exact) mass is 200 g/mol. The fraction of sp³-hybridized carbons (Fsp3) is 1.00. The van der Waals surface area contributed by atoms with Gasteiger partial charge in [-0.1, -0.05) is 12.0 Å². The Morgan fingerprint density at radius 2 is 2.54 bits per heavy atom. The van der Waals surface area contributed by atoms with Crippen LogP contribution in [0.2, 0.25) is 0 Å². The van der Waals surface area contributed by atoms with Gasteiger partial charge in [0, 0.05) is 29.8 Å². The van der Waals surface area contributed by atoms with E-state index in [0.29, 0.717) is 12.6 Å². The second-order valence-electron chi connectivity index (χ2n) is 3.10. The second-order valence-corrected chi connectivity index (χ2v) is 4.25. The summed E-state index contributed by atoms with van der Waals surface area (Å²) in [7, 11) is 0. The van der Waals surface area contributed by atoms with E-state index in [2.05, 4.69) is 21.8 Å². The number of hydrogen-bond acceptors (Lipinski definition) is 3. The van der Waals surface area contributed by atoms with Crippen LogP contribution in [0.3, 0.4) is 0 Å². The molecular formula is C8H16N4S. The number of nitrogens with zero attached hydrogens (tertiary/aromatic N) is 4. The first-order valence-electron chi connectivity index (χ1n) is 4.71. The highest BCUT2D eigenvalue weighted by Gasteiger charge is 2.20. The van der Waals surface area contributed by atoms with Gasteiger partial charge in [-0.15, -0.1) is 0 Å². The summed E-state index contributed by atoms with van der Waals surface area (Å²) in [5.74, 6) is 2.52. The van der Waals surface area contributed by atoms with Gasteiger partial charge in [0.1, 0.15) is 0 Å². The fourth-order valence-corrected chi connectivity index (χ4v) is 2.88. The molecule has 1 aliphatic rings. The van der Waals surface area contributed by atoms with Crippen molar-refractivity contribution in [3.05, 3.63) is 10.4 Å². The third-order valence-electron chi connectivity index (χ3n) is 2.38. The summed E-state index contributed by atoms with van der Waals surface area (Å²) in [6, 6.07) is 0.712. The minimum absolute atomic E-state index is 0.603. The minimum Gasteiger partial charge on any atom is -0.300 e. The van der Waals surface area contributed by atoms with Crippen LogP contribution in [0, 0.1) is 0 Å². The Hall–Kier alpha value is -0.380.